The summed E-state index contributed by atoms with van der Waals surface area (Å²) >= 11 is 0. The number of aryl methyl sites for hydroxylation is 1. The lowest BCUT2D eigenvalue weighted by molar-refractivity contribution is -0.121. The van der Waals surface area contributed by atoms with E-state index in [1.165, 1.54) is 12.3 Å². The molecule has 0 unspecified atom stereocenters. The molecule has 0 aliphatic rings. The zero-order valence-corrected chi connectivity index (χ0v) is 16.4. The summed E-state index contributed by atoms with van der Waals surface area (Å²) in [5.41, 5.74) is 0.751. The van der Waals surface area contributed by atoms with Gasteiger partial charge in [-0.15, -0.1) is 0 Å². The van der Waals surface area contributed by atoms with Crippen molar-refractivity contribution in [2.24, 2.45) is 0 Å². The molecule has 30 heavy (non-hydrogen) atoms. The number of oxazole rings is 1. The number of benzene rings is 3. The van der Waals surface area contributed by atoms with Crippen LogP contribution in [0.1, 0.15) is 30.8 Å². The van der Waals surface area contributed by atoms with Crippen molar-refractivity contribution in [2.45, 2.75) is 25.8 Å². The van der Waals surface area contributed by atoms with Gasteiger partial charge in [0.2, 0.25) is 5.91 Å². The second-order valence-corrected chi connectivity index (χ2v) is 7.11. The maximum Gasteiger partial charge on any atom is 0.220 e. The smallest absolute Gasteiger partial charge is 0.220 e. The lowest BCUT2D eigenvalue weighted by Gasteiger charge is -2.15. The van der Waals surface area contributed by atoms with E-state index < -0.39 is 11.6 Å². The van der Waals surface area contributed by atoms with Gasteiger partial charge in [0.15, 0.2) is 11.7 Å². The highest BCUT2D eigenvalue weighted by molar-refractivity contribution is 5.83. The topological polar surface area (TPSA) is 55.1 Å². The molecular formula is C24H20F2N2O2. The minimum absolute atomic E-state index is 0.00513. The van der Waals surface area contributed by atoms with Gasteiger partial charge in [0.1, 0.15) is 11.6 Å². The second-order valence-electron chi connectivity index (χ2n) is 7.11. The van der Waals surface area contributed by atoms with Crippen molar-refractivity contribution >= 4 is 16.7 Å². The maximum atomic E-state index is 13.9. The Morgan fingerprint density at radius 2 is 1.77 bits per heavy atom. The van der Waals surface area contributed by atoms with E-state index in [1.807, 2.05) is 43.3 Å². The van der Waals surface area contributed by atoms with Crippen LogP contribution in [0.4, 0.5) is 8.78 Å². The summed E-state index contributed by atoms with van der Waals surface area (Å²) in [6.45, 7) is 1.92. The molecule has 0 saturated heterocycles. The maximum absolute atomic E-state index is 13.9. The molecule has 4 nitrogen and oxygen atoms in total. The molecule has 1 atom stereocenters. The van der Waals surface area contributed by atoms with Gasteiger partial charge in [-0.3, -0.25) is 4.79 Å². The lowest BCUT2D eigenvalue weighted by Crippen LogP contribution is -2.26. The zero-order valence-electron chi connectivity index (χ0n) is 16.4. The Labute approximate surface area is 172 Å². The Balaban J connectivity index is 1.37. The minimum atomic E-state index is -0.723. The third-order valence-electron chi connectivity index (χ3n) is 4.98. The number of hydrogen-bond acceptors (Lipinski definition) is 3. The number of nitrogens with zero attached hydrogens (tertiary/aromatic N) is 1. The molecular weight excluding hydrogens is 386 g/mol. The lowest BCUT2D eigenvalue weighted by atomic mass is 10.0. The molecule has 4 rings (SSSR count). The molecule has 6 heteroatoms. The first kappa shape index (κ1) is 19.8. The molecule has 0 radical (unpaired) electrons. The van der Waals surface area contributed by atoms with Crippen LogP contribution in [0.5, 0.6) is 0 Å². The Morgan fingerprint density at radius 3 is 2.53 bits per heavy atom. The molecule has 4 aromatic rings. The summed E-state index contributed by atoms with van der Waals surface area (Å²) in [4.78, 5) is 16.4. The fraction of sp³-hybridized carbons (Fsp3) is 0.167. The van der Waals surface area contributed by atoms with Gasteiger partial charge < -0.3 is 9.73 Å². The SMILES string of the molecule is C[C@H](NC(=O)CCc1ncc(-c2c(F)cccc2F)o1)c1ccc2ccccc2c1. The summed E-state index contributed by atoms with van der Waals surface area (Å²) in [6, 6.07) is 17.6. The van der Waals surface area contributed by atoms with Gasteiger partial charge in [-0.05, 0) is 41.5 Å². The van der Waals surface area contributed by atoms with Crippen molar-refractivity contribution in [1.82, 2.24) is 10.3 Å². The fourth-order valence-corrected chi connectivity index (χ4v) is 3.37. The summed E-state index contributed by atoms with van der Waals surface area (Å²) < 4.78 is 33.2. The molecule has 1 heterocycles. The third kappa shape index (κ3) is 4.22. The van der Waals surface area contributed by atoms with Crippen molar-refractivity contribution in [1.29, 1.82) is 0 Å². The van der Waals surface area contributed by atoms with Crippen LogP contribution in [0, 0.1) is 11.6 Å². The molecule has 0 aliphatic heterocycles. The first-order valence-electron chi connectivity index (χ1n) is 9.68. The van der Waals surface area contributed by atoms with Crippen LogP contribution < -0.4 is 5.32 Å². The number of hydrogen-bond donors (Lipinski definition) is 1. The average Bonchev–Trinajstić information content (AvgIpc) is 3.20. The fourth-order valence-electron chi connectivity index (χ4n) is 3.37. The van der Waals surface area contributed by atoms with Crippen LogP contribution in [0.2, 0.25) is 0 Å². The van der Waals surface area contributed by atoms with Crippen molar-refractivity contribution < 1.29 is 18.0 Å². The van der Waals surface area contributed by atoms with E-state index in [1.54, 1.807) is 0 Å². The van der Waals surface area contributed by atoms with Crippen LogP contribution >= 0.6 is 0 Å². The van der Waals surface area contributed by atoms with Crippen molar-refractivity contribution in [3.05, 3.63) is 89.9 Å². The molecule has 0 fully saturated rings. The normalized spacial score (nSPS) is 12.1. The predicted molar refractivity (Wildman–Crippen MR) is 111 cm³/mol. The van der Waals surface area contributed by atoms with Crippen LogP contribution in [0.25, 0.3) is 22.1 Å². The number of amides is 1. The minimum Gasteiger partial charge on any atom is -0.441 e. The highest BCUT2D eigenvalue weighted by Crippen LogP contribution is 2.27. The molecule has 0 aliphatic carbocycles. The summed E-state index contributed by atoms with van der Waals surface area (Å²) in [7, 11) is 0. The number of carbonyl (C=O) groups is 1. The van der Waals surface area contributed by atoms with Gasteiger partial charge in [0, 0.05) is 12.8 Å². The third-order valence-corrected chi connectivity index (χ3v) is 4.98. The number of nitrogens with one attached hydrogen (secondary N) is 1. The number of fused-ring (bicyclic) bond motifs is 1. The molecule has 3 aromatic carbocycles. The number of aromatic nitrogens is 1. The molecule has 1 amide bonds. The Hall–Kier alpha value is -3.54. The second kappa shape index (κ2) is 8.45. The van der Waals surface area contributed by atoms with E-state index >= 15 is 0 Å². The molecule has 152 valence electrons. The molecule has 1 aromatic heterocycles. The van der Waals surface area contributed by atoms with Crippen LogP contribution in [-0.4, -0.2) is 10.9 Å². The van der Waals surface area contributed by atoms with Gasteiger partial charge in [-0.25, -0.2) is 13.8 Å². The number of carbonyl (C=O) groups excluding carboxylic acids is 1. The molecule has 0 saturated carbocycles. The highest BCUT2D eigenvalue weighted by Gasteiger charge is 2.17. The summed E-state index contributed by atoms with van der Waals surface area (Å²) in [5.74, 6) is -1.35. The first-order valence-corrected chi connectivity index (χ1v) is 9.68. The van der Waals surface area contributed by atoms with Gasteiger partial charge in [0.25, 0.3) is 0 Å². The molecule has 0 bridgehead atoms. The van der Waals surface area contributed by atoms with Crippen LogP contribution in [0.15, 0.2) is 71.3 Å². The quantitative estimate of drug-likeness (QED) is 0.455. The Bertz CT molecular complexity index is 1180. The first-order chi connectivity index (χ1) is 14.5. The predicted octanol–water partition coefficient (Wildman–Crippen LogP) is 5.58. The van der Waals surface area contributed by atoms with Gasteiger partial charge in [-0.2, -0.15) is 0 Å². The standard InChI is InChI=1S/C24H20F2N2O2/c1-15(17-10-9-16-5-2-3-6-18(16)13-17)28-22(29)11-12-23-27-14-21(30-23)24-19(25)7-4-8-20(24)26/h2-10,13-15H,11-12H2,1H3,(H,28,29)/t15-/m0/s1. The Kier molecular flexibility index (Phi) is 5.57. The van der Waals surface area contributed by atoms with Crippen LogP contribution in [-0.2, 0) is 11.2 Å². The van der Waals surface area contributed by atoms with E-state index in [-0.39, 0.29) is 42.0 Å². The molecule has 1 N–H and O–H groups in total. The number of rotatable bonds is 6. The monoisotopic (exact) mass is 406 g/mol. The van der Waals surface area contributed by atoms with E-state index in [2.05, 4.69) is 16.4 Å². The van der Waals surface area contributed by atoms with E-state index in [4.69, 9.17) is 4.42 Å². The Morgan fingerprint density at radius 1 is 1.03 bits per heavy atom. The number of halogens is 2. The van der Waals surface area contributed by atoms with Gasteiger partial charge >= 0.3 is 0 Å². The molecule has 0 spiro atoms. The van der Waals surface area contributed by atoms with Gasteiger partial charge in [-0.1, -0.05) is 42.5 Å². The van der Waals surface area contributed by atoms with Gasteiger partial charge in [0.05, 0.1) is 17.8 Å². The van der Waals surface area contributed by atoms with E-state index in [0.717, 1.165) is 28.5 Å². The van der Waals surface area contributed by atoms with E-state index in [9.17, 15) is 13.6 Å². The van der Waals surface area contributed by atoms with Crippen LogP contribution in [0.3, 0.4) is 0 Å². The summed E-state index contributed by atoms with van der Waals surface area (Å²) in [6.07, 6.45) is 1.65. The average molecular weight is 406 g/mol. The summed E-state index contributed by atoms with van der Waals surface area (Å²) in [5, 5.41) is 5.22. The van der Waals surface area contributed by atoms with Crippen molar-refractivity contribution in [2.75, 3.05) is 0 Å². The largest absolute Gasteiger partial charge is 0.441 e. The highest BCUT2D eigenvalue weighted by atomic mass is 19.1. The van der Waals surface area contributed by atoms with E-state index in [0.29, 0.717) is 0 Å². The van der Waals surface area contributed by atoms with Crippen molar-refractivity contribution in [3.63, 3.8) is 0 Å². The zero-order chi connectivity index (χ0) is 21.1. The van der Waals surface area contributed by atoms with Crippen molar-refractivity contribution in [3.8, 4) is 11.3 Å².